The van der Waals surface area contributed by atoms with Crippen molar-refractivity contribution in [3.8, 4) is 17.9 Å². The van der Waals surface area contributed by atoms with Gasteiger partial charge in [0.25, 0.3) is 11.8 Å². The van der Waals surface area contributed by atoms with Gasteiger partial charge in [-0.15, -0.1) is 0 Å². The number of nitrogens with one attached hydrogen (secondary N) is 4. The van der Waals surface area contributed by atoms with Crippen LogP contribution in [0, 0.1) is 23.2 Å². The van der Waals surface area contributed by atoms with E-state index in [9.17, 15) is 19.5 Å². The number of benzene rings is 2. The normalized spacial score (nSPS) is 11.7. The molecule has 176 valence electrons. The zero-order chi connectivity index (χ0) is 24.9. The summed E-state index contributed by atoms with van der Waals surface area (Å²) in [6.07, 6.45) is -0.865. The Balaban J connectivity index is 1.94. The van der Waals surface area contributed by atoms with Crippen molar-refractivity contribution >= 4 is 23.4 Å². The van der Waals surface area contributed by atoms with Crippen molar-refractivity contribution in [3.05, 3.63) is 65.2 Å². The summed E-state index contributed by atoms with van der Waals surface area (Å²) in [6, 6.07) is 14.0. The Bertz CT molecular complexity index is 1100. The fourth-order valence-corrected chi connectivity index (χ4v) is 2.74. The maximum atomic E-state index is 12.3. The van der Waals surface area contributed by atoms with E-state index in [0.717, 1.165) is 5.56 Å². The molecule has 0 fully saturated rings. The molecule has 0 bridgehead atoms. The van der Waals surface area contributed by atoms with Crippen molar-refractivity contribution < 1.29 is 24.7 Å². The monoisotopic (exact) mass is 463 g/mol. The van der Waals surface area contributed by atoms with E-state index in [1.807, 2.05) is 6.07 Å². The van der Waals surface area contributed by atoms with E-state index in [-0.39, 0.29) is 18.0 Å². The Morgan fingerprint density at radius 1 is 1.00 bits per heavy atom. The lowest BCUT2D eigenvalue weighted by Gasteiger charge is -2.19. The highest BCUT2D eigenvalue weighted by Crippen LogP contribution is 2.09. The number of hydrogen-bond acceptors (Lipinski definition) is 7. The lowest BCUT2D eigenvalue weighted by molar-refractivity contribution is -0.133. The lowest BCUT2D eigenvalue weighted by Crippen LogP contribution is -2.51. The summed E-state index contributed by atoms with van der Waals surface area (Å²) in [6.45, 7) is 1.88. The third kappa shape index (κ3) is 8.37. The van der Waals surface area contributed by atoms with E-state index < -0.39 is 24.0 Å². The van der Waals surface area contributed by atoms with Gasteiger partial charge in [0.05, 0.1) is 18.7 Å². The van der Waals surface area contributed by atoms with Gasteiger partial charge in [0.1, 0.15) is 6.04 Å². The summed E-state index contributed by atoms with van der Waals surface area (Å²) >= 11 is 0. The molecule has 0 radical (unpaired) electrons. The molecule has 2 aromatic carbocycles. The van der Waals surface area contributed by atoms with Gasteiger partial charge in [-0.3, -0.25) is 19.6 Å². The highest BCUT2D eigenvalue weighted by molar-refractivity contribution is 5.97. The number of nitriles is 1. The first-order valence-corrected chi connectivity index (χ1v) is 10.4. The van der Waals surface area contributed by atoms with Crippen LogP contribution in [0.15, 0.2) is 48.5 Å². The van der Waals surface area contributed by atoms with Crippen LogP contribution in [-0.2, 0) is 9.59 Å². The Morgan fingerprint density at radius 2 is 1.59 bits per heavy atom. The van der Waals surface area contributed by atoms with Crippen molar-refractivity contribution in [1.29, 1.82) is 5.26 Å². The SMILES string of the molecule is CC(O)C(NC(=O)c1ccc(C#Cc2ccc(NC(=O)CNCCC#N)cc2)cc1)C(=O)NO. The van der Waals surface area contributed by atoms with Gasteiger partial charge in [-0.05, 0) is 55.5 Å². The number of carbonyl (C=O) groups is 3. The Hall–Kier alpha value is -4.22. The number of nitrogens with zero attached hydrogens (tertiary/aromatic N) is 1. The van der Waals surface area contributed by atoms with Gasteiger partial charge in [0, 0.05) is 35.3 Å². The number of rotatable bonds is 9. The second-order valence-electron chi connectivity index (χ2n) is 7.21. The molecule has 0 aliphatic rings. The number of amides is 3. The van der Waals surface area contributed by atoms with E-state index in [0.29, 0.717) is 24.2 Å². The third-order valence-corrected chi connectivity index (χ3v) is 4.53. The van der Waals surface area contributed by atoms with Crippen molar-refractivity contribution in [2.45, 2.75) is 25.5 Å². The van der Waals surface area contributed by atoms with Crippen LogP contribution < -0.4 is 21.4 Å². The van der Waals surface area contributed by atoms with Gasteiger partial charge in [-0.2, -0.15) is 5.26 Å². The Kier molecular flexibility index (Phi) is 10.2. The van der Waals surface area contributed by atoms with Crippen LogP contribution in [0.25, 0.3) is 0 Å². The van der Waals surface area contributed by atoms with Gasteiger partial charge in [0.15, 0.2) is 0 Å². The van der Waals surface area contributed by atoms with Gasteiger partial charge in [-0.25, -0.2) is 5.48 Å². The number of hydroxylamine groups is 1. The predicted molar refractivity (Wildman–Crippen MR) is 123 cm³/mol. The molecular formula is C24H25N5O5. The van der Waals surface area contributed by atoms with Crippen LogP contribution in [0.3, 0.4) is 0 Å². The molecule has 0 aliphatic carbocycles. The summed E-state index contributed by atoms with van der Waals surface area (Å²) < 4.78 is 0. The predicted octanol–water partition coefficient (Wildman–Crippen LogP) is 0.513. The summed E-state index contributed by atoms with van der Waals surface area (Å²) in [5, 5.41) is 34.8. The summed E-state index contributed by atoms with van der Waals surface area (Å²) in [7, 11) is 0. The molecule has 0 aliphatic heterocycles. The van der Waals surface area contributed by atoms with Crippen molar-refractivity contribution in [1.82, 2.24) is 16.1 Å². The molecule has 2 atom stereocenters. The molecule has 0 heterocycles. The fraction of sp³-hybridized carbons (Fsp3) is 0.250. The number of aliphatic hydroxyl groups excluding tert-OH is 1. The van der Waals surface area contributed by atoms with Crippen LogP contribution in [0.4, 0.5) is 5.69 Å². The lowest BCUT2D eigenvalue weighted by atomic mass is 10.1. The van der Waals surface area contributed by atoms with Crippen molar-refractivity contribution in [2.24, 2.45) is 0 Å². The number of hydrogen-bond donors (Lipinski definition) is 6. The first kappa shape index (κ1) is 26.0. The second-order valence-corrected chi connectivity index (χ2v) is 7.21. The van der Waals surface area contributed by atoms with Crippen LogP contribution >= 0.6 is 0 Å². The number of carbonyl (C=O) groups excluding carboxylic acids is 3. The molecule has 10 heteroatoms. The van der Waals surface area contributed by atoms with E-state index in [2.05, 4.69) is 27.8 Å². The Labute approximate surface area is 196 Å². The van der Waals surface area contributed by atoms with Gasteiger partial charge in [0.2, 0.25) is 5.91 Å². The van der Waals surface area contributed by atoms with Gasteiger partial charge in [-0.1, -0.05) is 11.8 Å². The minimum atomic E-state index is -1.30. The van der Waals surface area contributed by atoms with E-state index in [4.69, 9.17) is 10.5 Å². The molecule has 0 saturated carbocycles. The van der Waals surface area contributed by atoms with Crippen LogP contribution in [0.2, 0.25) is 0 Å². The summed E-state index contributed by atoms with van der Waals surface area (Å²) in [5.41, 5.74) is 3.66. The average molecular weight is 463 g/mol. The van der Waals surface area contributed by atoms with E-state index in [1.54, 1.807) is 36.4 Å². The largest absolute Gasteiger partial charge is 0.391 e. The molecule has 10 nitrogen and oxygen atoms in total. The number of aliphatic hydroxyl groups is 1. The smallest absolute Gasteiger partial charge is 0.268 e. The molecular weight excluding hydrogens is 438 g/mol. The first-order valence-electron chi connectivity index (χ1n) is 10.4. The van der Waals surface area contributed by atoms with E-state index in [1.165, 1.54) is 24.5 Å². The van der Waals surface area contributed by atoms with Gasteiger partial charge < -0.3 is 21.1 Å². The highest BCUT2D eigenvalue weighted by Gasteiger charge is 2.25. The fourth-order valence-electron chi connectivity index (χ4n) is 2.74. The van der Waals surface area contributed by atoms with Crippen LogP contribution in [0.1, 0.15) is 34.8 Å². The highest BCUT2D eigenvalue weighted by atomic mass is 16.5. The molecule has 3 amide bonds. The third-order valence-electron chi connectivity index (χ3n) is 4.53. The molecule has 34 heavy (non-hydrogen) atoms. The Morgan fingerprint density at radius 3 is 2.12 bits per heavy atom. The van der Waals surface area contributed by atoms with Crippen molar-refractivity contribution in [2.75, 3.05) is 18.4 Å². The molecule has 6 N–H and O–H groups in total. The summed E-state index contributed by atoms with van der Waals surface area (Å²) in [4.78, 5) is 35.7. The van der Waals surface area contributed by atoms with E-state index >= 15 is 0 Å². The minimum Gasteiger partial charge on any atom is -0.391 e. The molecule has 0 spiro atoms. The second kappa shape index (κ2) is 13.4. The molecule has 0 aromatic heterocycles. The standard InChI is InChI=1S/C24H25N5O5/c1-16(30)22(24(33)29-34)28-23(32)19-9-5-17(6-10-19)3-4-18-7-11-20(12-8-18)27-21(31)15-26-14-2-13-25/h5-12,16,22,26,30,34H,2,14-15H2,1H3,(H,27,31)(H,28,32)(H,29,33). The van der Waals surface area contributed by atoms with Crippen LogP contribution in [-0.4, -0.2) is 53.3 Å². The average Bonchev–Trinajstić information content (AvgIpc) is 2.84. The zero-order valence-electron chi connectivity index (χ0n) is 18.5. The maximum Gasteiger partial charge on any atom is 0.268 e. The number of anilines is 1. The topological polar surface area (TPSA) is 164 Å². The minimum absolute atomic E-state index is 0.117. The van der Waals surface area contributed by atoms with Crippen molar-refractivity contribution in [3.63, 3.8) is 0 Å². The summed E-state index contributed by atoms with van der Waals surface area (Å²) in [5.74, 6) is 4.23. The maximum absolute atomic E-state index is 12.3. The zero-order valence-corrected chi connectivity index (χ0v) is 18.5. The molecule has 2 unspecified atom stereocenters. The van der Waals surface area contributed by atoms with Gasteiger partial charge >= 0.3 is 0 Å². The molecule has 2 aromatic rings. The van der Waals surface area contributed by atoms with Crippen LogP contribution in [0.5, 0.6) is 0 Å². The molecule has 0 saturated heterocycles. The molecule has 2 rings (SSSR count). The first-order chi connectivity index (χ1) is 16.3. The quantitative estimate of drug-likeness (QED) is 0.137.